The molecule has 0 fully saturated rings. The molecule has 0 spiro atoms. The first-order valence-corrected chi connectivity index (χ1v) is 4.54. The minimum Gasteiger partial charge on any atom is -0.382 e. The minimum atomic E-state index is -3.57. The van der Waals surface area contributed by atoms with Gasteiger partial charge in [-0.15, -0.1) is 0 Å². The monoisotopic (exact) mass is 237 g/mol. The van der Waals surface area contributed by atoms with Gasteiger partial charge >= 0.3 is 0 Å². The van der Waals surface area contributed by atoms with E-state index in [9.17, 15) is 22.7 Å². The number of aliphatic hydroxyl groups is 1. The van der Waals surface area contributed by atoms with E-state index >= 15 is 0 Å². The molecule has 6 heteroatoms. The van der Waals surface area contributed by atoms with Crippen molar-refractivity contribution in [1.82, 2.24) is 5.32 Å². The van der Waals surface area contributed by atoms with Gasteiger partial charge in [0.1, 0.15) is 17.7 Å². The van der Waals surface area contributed by atoms with Crippen molar-refractivity contribution in [2.75, 3.05) is 13.6 Å². The average Bonchev–Trinajstić information content (AvgIpc) is 2.20. The van der Waals surface area contributed by atoms with E-state index < -0.39 is 35.8 Å². The van der Waals surface area contributed by atoms with Gasteiger partial charge in [-0.05, 0) is 25.2 Å². The van der Waals surface area contributed by atoms with Crippen LogP contribution in [0.5, 0.6) is 0 Å². The predicted molar refractivity (Wildman–Crippen MR) is 50.2 cm³/mol. The number of hydrogen-bond donors (Lipinski definition) is 2. The number of hydrogen-bond acceptors (Lipinski definition) is 2. The topological polar surface area (TPSA) is 32.3 Å². The third-order valence-corrected chi connectivity index (χ3v) is 2.07. The van der Waals surface area contributed by atoms with E-state index in [1.165, 1.54) is 7.05 Å². The molecule has 1 rings (SSSR count). The van der Waals surface area contributed by atoms with Crippen LogP contribution in [0.25, 0.3) is 0 Å². The van der Waals surface area contributed by atoms with Crippen LogP contribution >= 0.6 is 0 Å². The molecule has 16 heavy (non-hydrogen) atoms. The van der Waals surface area contributed by atoms with Crippen LogP contribution in [0, 0.1) is 11.6 Å². The highest BCUT2D eigenvalue weighted by molar-refractivity contribution is 5.22. The summed E-state index contributed by atoms with van der Waals surface area (Å²) in [6, 6.07) is 2.05. The quantitative estimate of drug-likeness (QED) is 0.783. The third-order valence-electron chi connectivity index (χ3n) is 2.07. The Balaban J connectivity index is 3.03. The zero-order valence-electron chi connectivity index (χ0n) is 8.48. The molecule has 90 valence electrons. The van der Waals surface area contributed by atoms with E-state index in [4.69, 9.17) is 0 Å². The maximum absolute atomic E-state index is 13.2. The third kappa shape index (κ3) is 2.70. The van der Waals surface area contributed by atoms with Crippen molar-refractivity contribution in [3.05, 3.63) is 35.4 Å². The first-order valence-electron chi connectivity index (χ1n) is 4.54. The molecular formula is C10H11F4NO. The number of nitrogens with one attached hydrogen (secondary N) is 1. The molecule has 1 unspecified atom stereocenters. The maximum atomic E-state index is 13.2. The number of alkyl halides is 2. The van der Waals surface area contributed by atoms with Gasteiger partial charge in [-0.2, -0.15) is 0 Å². The van der Waals surface area contributed by atoms with Crippen molar-refractivity contribution in [2.24, 2.45) is 0 Å². The minimum absolute atomic E-state index is 0.559. The van der Waals surface area contributed by atoms with Crippen LogP contribution in [0.4, 0.5) is 17.6 Å². The molecule has 0 aliphatic rings. The summed E-state index contributed by atoms with van der Waals surface area (Å²) >= 11 is 0. The van der Waals surface area contributed by atoms with Gasteiger partial charge in [0.15, 0.2) is 0 Å². The molecule has 0 aliphatic heterocycles. The Morgan fingerprint density at radius 3 is 2.56 bits per heavy atom. The average molecular weight is 237 g/mol. The molecule has 0 amide bonds. The summed E-state index contributed by atoms with van der Waals surface area (Å²) in [6.45, 7) is -0.829. The van der Waals surface area contributed by atoms with Crippen molar-refractivity contribution >= 4 is 0 Å². The van der Waals surface area contributed by atoms with Crippen molar-refractivity contribution in [3.8, 4) is 0 Å². The van der Waals surface area contributed by atoms with Crippen LogP contribution in [-0.2, 0) is 0 Å². The fourth-order valence-corrected chi connectivity index (χ4v) is 1.28. The fourth-order valence-electron chi connectivity index (χ4n) is 1.28. The van der Waals surface area contributed by atoms with Gasteiger partial charge in [0, 0.05) is 5.56 Å². The van der Waals surface area contributed by atoms with Crippen LogP contribution in [-0.4, -0.2) is 24.6 Å². The van der Waals surface area contributed by atoms with Crippen molar-refractivity contribution in [1.29, 1.82) is 0 Å². The van der Waals surface area contributed by atoms with Crippen LogP contribution in [0.1, 0.15) is 11.7 Å². The van der Waals surface area contributed by atoms with Crippen LogP contribution in [0.3, 0.4) is 0 Å². The van der Waals surface area contributed by atoms with E-state index in [0.29, 0.717) is 12.1 Å². The van der Waals surface area contributed by atoms with E-state index in [1.807, 2.05) is 0 Å². The Kier molecular flexibility index (Phi) is 3.88. The predicted octanol–water partition coefficient (Wildman–Crippen LogP) is 1.85. The van der Waals surface area contributed by atoms with Gasteiger partial charge in [0.2, 0.25) is 0 Å². The molecule has 0 saturated carbocycles. The van der Waals surface area contributed by atoms with E-state index in [2.05, 4.69) is 5.32 Å². The zero-order chi connectivity index (χ0) is 12.3. The highest BCUT2D eigenvalue weighted by Gasteiger charge is 2.40. The molecule has 0 aliphatic carbocycles. The van der Waals surface area contributed by atoms with Gasteiger partial charge in [-0.25, -0.2) is 17.6 Å². The van der Waals surface area contributed by atoms with Gasteiger partial charge in [-0.1, -0.05) is 0 Å². The van der Waals surface area contributed by atoms with Crippen LogP contribution in [0.2, 0.25) is 0 Å². The van der Waals surface area contributed by atoms with Crippen molar-refractivity contribution in [3.63, 3.8) is 0 Å². The van der Waals surface area contributed by atoms with Crippen molar-refractivity contribution < 1.29 is 22.7 Å². The molecule has 0 saturated heterocycles. The molecule has 0 bridgehead atoms. The highest BCUT2D eigenvalue weighted by Crippen LogP contribution is 2.32. The molecular weight excluding hydrogens is 226 g/mol. The normalized spacial score (nSPS) is 13.9. The zero-order valence-corrected chi connectivity index (χ0v) is 8.48. The SMILES string of the molecule is CNCC(F)(F)C(O)c1cc(F)ccc1F. The number of halogens is 4. The summed E-state index contributed by atoms with van der Waals surface area (Å²) in [7, 11) is 1.27. The number of benzene rings is 1. The summed E-state index contributed by atoms with van der Waals surface area (Å²) in [5.74, 6) is -5.51. The summed E-state index contributed by atoms with van der Waals surface area (Å²) in [4.78, 5) is 0. The summed E-state index contributed by atoms with van der Waals surface area (Å²) < 4.78 is 52.3. The lowest BCUT2D eigenvalue weighted by Gasteiger charge is -2.22. The second kappa shape index (κ2) is 4.80. The number of aliphatic hydroxyl groups excluding tert-OH is 1. The smallest absolute Gasteiger partial charge is 0.289 e. The van der Waals surface area contributed by atoms with E-state index in [0.717, 1.165) is 6.07 Å². The Labute approximate surface area is 89.9 Å². The summed E-state index contributed by atoms with van der Waals surface area (Å²) in [5.41, 5.74) is -0.750. The molecule has 2 N–H and O–H groups in total. The molecule has 0 aromatic heterocycles. The Bertz CT molecular complexity index is 370. The molecule has 2 nitrogen and oxygen atoms in total. The summed E-state index contributed by atoms with van der Waals surface area (Å²) in [5, 5.41) is 11.5. The first-order chi connectivity index (χ1) is 7.38. The van der Waals surface area contributed by atoms with Gasteiger partial charge < -0.3 is 10.4 Å². The summed E-state index contributed by atoms with van der Waals surface area (Å²) in [6.07, 6.45) is -2.38. The van der Waals surface area contributed by atoms with Crippen molar-refractivity contribution in [2.45, 2.75) is 12.0 Å². The van der Waals surface area contributed by atoms with Gasteiger partial charge in [0.25, 0.3) is 5.92 Å². The largest absolute Gasteiger partial charge is 0.382 e. The molecule has 0 radical (unpaired) electrons. The Hall–Kier alpha value is -1.14. The van der Waals surface area contributed by atoms with Gasteiger partial charge in [0.05, 0.1) is 6.54 Å². The molecule has 1 atom stereocenters. The fraction of sp³-hybridized carbons (Fsp3) is 0.400. The standard InChI is InChI=1S/C10H11F4NO/c1-15-5-10(13,14)9(16)7-4-6(11)2-3-8(7)12/h2-4,9,15-16H,5H2,1H3. The number of rotatable bonds is 4. The van der Waals surface area contributed by atoms with E-state index in [-0.39, 0.29) is 0 Å². The lowest BCUT2D eigenvalue weighted by Crippen LogP contribution is -2.37. The lowest BCUT2D eigenvalue weighted by atomic mass is 10.0. The van der Waals surface area contributed by atoms with Gasteiger partial charge in [-0.3, -0.25) is 0 Å². The second-order valence-corrected chi connectivity index (χ2v) is 3.36. The Morgan fingerprint density at radius 1 is 1.38 bits per heavy atom. The molecule has 1 aromatic carbocycles. The molecule has 0 heterocycles. The van der Waals surface area contributed by atoms with Crippen LogP contribution < -0.4 is 5.32 Å². The first kappa shape index (κ1) is 12.9. The lowest BCUT2D eigenvalue weighted by molar-refractivity contribution is -0.108. The molecule has 1 aromatic rings. The van der Waals surface area contributed by atoms with E-state index in [1.54, 1.807) is 0 Å². The highest BCUT2D eigenvalue weighted by atomic mass is 19.3. The maximum Gasteiger partial charge on any atom is 0.289 e. The Morgan fingerprint density at radius 2 is 2.00 bits per heavy atom. The van der Waals surface area contributed by atoms with Crippen LogP contribution in [0.15, 0.2) is 18.2 Å². The second-order valence-electron chi connectivity index (χ2n) is 3.36.